The molecule has 0 bridgehead atoms. The first kappa shape index (κ1) is 23.7. The van der Waals surface area contributed by atoms with Gasteiger partial charge in [-0.2, -0.15) is 4.31 Å². The second-order valence-electron chi connectivity index (χ2n) is 8.25. The Bertz CT molecular complexity index is 1220. The van der Waals surface area contributed by atoms with Crippen LogP contribution in [-0.4, -0.2) is 32.2 Å². The Kier molecular flexibility index (Phi) is 7.16. The van der Waals surface area contributed by atoms with Crippen LogP contribution in [0.2, 0.25) is 0 Å². The van der Waals surface area contributed by atoms with Crippen molar-refractivity contribution in [2.75, 3.05) is 18.5 Å². The van der Waals surface area contributed by atoms with Gasteiger partial charge in [0.05, 0.1) is 11.4 Å². The SMILES string of the molecule is Cc1ccc(C)c(S(=O)(=O)N(CC(=O)N(C)c2ccc(C)c(C)c2)Cc2ccccc2)c1. The zero-order valence-electron chi connectivity index (χ0n) is 19.3. The predicted octanol–water partition coefficient (Wildman–Crippen LogP) is 4.77. The standard InChI is InChI=1S/C26H30N2O3S/c1-19-11-12-21(3)25(15-19)32(30,31)28(17-23-9-7-6-8-10-23)18-26(29)27(5)24-14-13-20(2)22(4)16-24/h6-16H,17-18H2,1-5H3. The maximum absolute atomic E-state index is 13.7. The Morgan fingerprint density at radius 2 is 1.47 bits per heavy atom. The fourth-order valence-electron chi connectivity index (χ4n) is 3.47. The van der Waals surface area contributed by atoms with Gasteiger partial charge in [0, 0.05) is 19.3 Å². The van der Waals surface area contributed by atoms with Gasteiger partial charge in [-0.25, -0.2) is 8.42 Å². The quantitative estimate of drug-likeness (QED) is 0.521. The van der Waals surface area contributed by atoms with Crippen LogP contribution in [0.4, 0.5) is 5.69 Å². The van der Waals surface area contributed by atoms with Crippen LogP contribution >= 0.6 is 0 Å². The summed E-state index contributed by atoms with van der Waals surface area (Å²) >= 11 is 0. The van der Waals surface area contributed by atoms with E-state index in [9.17, 15) is 13.2 Å². The maximum Gasteiger partial charge on any atom is 0.244 e. The van der Waals surface area contributed by atoms with Gasteiger partial charge in [-0.1, -0.05) is 48.5 Å². The summed E-state index contributed by atoms with van der Waals surface area (Å²) in [5.41, 5.74) is 5.28. The summed E-state index contributed by atoms with van der Waals surface area (Å²) in [7, 11) is -2.21. The Morgan fingerprint density at radius 1 is 0.812 bits per heavy atom. The van der Waals surface area contributed by atoms with Crippen molar-refractivity contribution in [3.05, 3.63) is 94.5 Å². The third-order valence-corrected chi connectivity index (χ3v) is 7.66. The van der Waals surface area contributed by atoms with Gasteiger partial charge in [-0.3, -0.25) is 4.79 Å². The molecule has 0 spiro atoms. The minimum absolute atomic E-state index is 0.114. The Hall–Kier alpha value is -2.96. The first-order chi connectivity index (χ1) is 15.1. The van der Waals surface area contributed by atoms with Crippen molar-refractivity contribution in [2.24, 2.45) is 0 Å². The van der Waals surface area contributed by atoms with Crippen molar-refractivity contribution in [3.63, 3.8) is 0 Å². The molecule has 0 atom stereocenters. The predicted molar refractivity (Wildman–Crippen MR) is 129 cm³/mol. The van der Waals surface area contributed by atoms with Gasteiger partial charge < -0.3 is 4.90 Å². The van der Waals surface area contributed by atoms with E-state index >= 15 is 0 Å². The highest BCUT2D eigenvalue weighted by molar-refractivity contribution is 7.89. The number of hydrogen-bond acceptors (Lipinski definition) is 3. The number of amides is 1. The minimum atomic E-state index is -3.89. The van der Waals surface area contributed by atoms with E-state index in [0.29, 0.717) is 5.56 Å². The molecule has 0 heterocycles. The van der Waals surface area contributed by atoms with Gasteiger partial charge in [-0.05, 0) is 73.7 Å². The normalized spacial score (nSPS) is 11.6. The highest BCUT2D eigenvalue weighted by Gasteiger charge is 2.29. The molecule has 5 nitrogen and oxygen atoms in total. The van der Waals surface area contributed by atoms with Crippen LogP contribution in [0.15, 0.2) is 71.6 Å². The number of hydrogen-bond donors (Lipinski definition) is 0. The molecule has 0 aliphatic heterocycles. The molecule has 32 heavy (non-hydrogen) atoms. The summed E-state index contributed by atoms with van der Waals surface area (Å²) in [5, 5.41) is 0. The van der Waals surface area contributed by atoms with E-state index in [-0.39, 0.29) is 23.9 Å². The highest BCUT2D eigenvalue weighted by Crippen LogP contribution is 2.24. The van der Waals surface area contributed by atoms with E-state index in [2.05, 4.69) is 0 Å². The topological polar surface area (TPSA) is 57.7 Å². The zero-order valence-corrected chi connectivity index (χ0v) is 20.1. The molecule has 0 aliphatic rings. The molecule has 3 aromatic carbocycles. The van der Waals surface area contributed by atoms with Crippen molar-refractivity contribution < 1.29 is 13.2 Å². The number of anilines is 1. The Balaban J connectivity index is 1.96. The molecule has 3 rings (SSSR count). The summed E-state index contributed by atoms with van der Waals surface area (Å²) in [6, 6.07) is 20.5. The molecule has 0 saturated carbocycles. The van der Waals surface area contributed by atoms with Gasteiger partial charge in [0.25, 0.3) is 0 Å². The molecule has 0 radical (unpaired) electrons. The molecule has 0 aliphatic carbocycles. The summed E-state index contributed by atoms with van der Waals surface area (Å²) < 4.78 is 28.6. The van der Waals surface area contributed by atoms with E-state index in [1.807, 2.05) is 75.4 Å². The van der Waals surface area contributed by atoms with Crippen LogP contribution in [0.1, 0.15) is 27.8 Å². The van der Waals surface area contributed by atoms with Crippen molar-refractivity contribution in [3.8, 4) is 0 Å². The summed E-state index contributed by atoms with van der Waals surface area (Å²) in [6.07, 6.45) is 0. The fourth-order valence-corrected chi connectivity index (χ4v) is 5.16. The average Bonchev–Trinajstić information content (AvgIpc) is 2.76. The van der Waals surface area contributed by atoms with Crippen LogP contribution < -0.4 is 4.90 Å². The fraction of sp³-hybridized carbons (Fsp3) is 0.269. The number of rotatable bonds is 7. The molecule has 0 N–H and O–H groups in total. The summed E-state index contributed by atoms with van der Waals surface area (Å²) in [4.78, 5) is 14.9. The maximum atomic E-state index is 13.7. The van der Waals surface area contributed by atoms with Crippen LogP contribution in [0, 0.1) is 27.7 Å². The van der Waals surface area contributed by atoms with Gasteiger partial charge in [0.1, 0.15) is 0 Å². The van der Waals surface area contributed by atoms with Gasteiger partial charge in [-0.15, -0.1) is 0 Å². The van der Waals surface area contributed by atoms with Crippen molar-refractivity contribution in [1.29, 1.82) is 0 Å². The highest BCUT2D eigenvalue weighted by atomic mass is 32.2. The summed E-state index contributed by atoms with van der Waals surface area (Å²) in [6.45, 7) is 7.49. The number of benzene rings is 3. The number of aryl methyl sites for hydroxylation is 4. The second kappa shape index (κ2) is 9.67. The minimum Gasteiger partial charge on any atom is -0.314 e. The molecule has 0 saturated heterocycles. The lowest BCUT2D eigenvalue weighted by Gasteiger charge is -2.26. The smallest absolute Gasteiger partial charge is 0.244 e. The van der Waals surface area contributed by atoms with E-state index in [4.69, 9.17) is 0 Å². The molecule has 3 aromatic rings. The van der Waals surface area contributed by atoms with Crippen LogP contribution in [0.5, 0.6) is 0 Å². The monoisotopic (exact) mass is 450 g/mol. The van der Waals surface area contributed by atoms with Crippen molar-refractivity contribution >= 4 is 21.6 Å². The molecule has 0 fully saturated rings. The second-order valence-corrected chi connectivity index (χ2v) is 10.2. The Morgan fingerprint density at radius 3 is 2.12 bits per heavy atom. The number of carbonyl (C=O) groups excluding carboxylic acids is 1. The number of likely N-dealkylation sites (N-methyl/N-ethyl adjacent to an activating group) is 1. The lowest BCUT2D eigenvalue weighted by Crippen LogP contribution is -2.41. The molecular formula is C26H30N2O3S. The van der Waals surface area contributed by atoms with Crippen molar-refractivity contribution in [2.45, 2.75) is 39.1 Å². The molecule has 0 aromatic heterocycles. The third kappa shape index (κ3) is 5.26. The lowest BCUT2D eigenvalue weighted by atomic mass is 10.1. The molecule has 0 unspecified atom stereocenters. The first-order valence-corrected chi connectivity index (χ1v) is 12.0. The van der Waals surface area contributed by atoms with Crippen LogP contribution in [-0.2, 0) is 21.4 Å². The van der Waals surface area contributed by atoms with E-state index in [1.165, 1.54) is 9.21 Å². The van der Waals surface area contributed by atoms with E-state index in [0.717, 1.165) is 27.9 Å². The van der Waals surface area contributed by atoms with Gasteiger partial charge >= 0.3 is 0 Å². The molecular weight excluding hydrogens is 420 g/mol. The zero-order chi connectivity index (χ0) is 23.5. The van der Waals surface area contributed by atoms with Gasteiger partial charge in [0.2, 0.25) is 15.9 Å². The van der Waals surface area contributed by atoms with Crippen molar-refractivity contribution in [1.82, 2.24) is 4.31 Å². The number of sulfonamides is 1. The van der Waals surface area contributed by atoms with Gasteiger partial charge in [0.15, 0.2) is 0 Å². The number of nitrogens with zero attached hydrogens (tertiary/aromatic N) is 2. The molecule has 1 amide bonds. The Labute approximate surface area is 191 Å². The lowest BCUT2D eigenvalue weighted by molar-refractivity contribution is -0.118. The van der Waals surface area contributed by atoms with E-state index in [1.54, 1.807) is 26.1 Å². The average molecular weight is 451 g/mol. The third-order valence-electron chi connectivity index (χ3n) is 5.73. The molecule has 168 valence electrons. The largest absolute Gasteiger partial charge is 0.314 e. The van der Waals surface area contributed by atoms with Crippen LogP contribution in [0.25, 0.3) is 0 Å². The molecule has 6 heteroatoms. The van der Waals surface area contributed by atoms with Crippen LogP contribution in [0.3, 0.4) is 0 Å². The number of carbonyl (C=O) groups is 1. The summed E-state index contributed by atoms with van der Waals surface area (Å²) in [5.74, 6) is -0.293. The first-order valence-electron chi connectivity index (χ1n) is 10.5. The van der Waals surface area contributed by atoms with E-state index < -0.39 is 10.0 Å².